The fourth-order valence-corrected chi connectivity index (χ4v) is 5.26. The number of pyridine rings is 1. The van der Waals surface area contributed by atoms with Crippen molar-refractivity contribution in [2.45, 2.75) is 24.9 Å². The van der Waals surface area contributed by atoms with Gasteiger partial charge >= 0.3 is 0 Å². The number of nitrogens with zero attached hydrogens (tertiary/aromatic N) is 2. The number of hydrogen-bond donors (Lipinski definition) is 1. The topological polar surface area (TPSA) is 45.6 Å². The highest BCUT2D eigenvalue weighted by Crippen LogP contribution is 2.48. The number of hydrogen-bond acceptors (Lipinski definition) is 4. The van der Waals surface area contributed by atoms with E-state index in [2.05, 4.69) is 16.0 Å². The van der Waals surface area contributed by atoms with Crippen LogP contribution in [0.5, 0.6) is 5.88 Å². The summed E-state index contributed by atoms with van der Waals surface area (Å²) in [6.07, 6.45) is 2.25. The summed E-state index contributed by atoms with van der Waals surface area (Å²) in [5.41, 5.74) is 4.06. The Kier molecular flexibility index (Phi) is 8.56. The molecule has 0 aliphatic heterocycles. The van der Waals surface area contributed by atoms with Crippen LogP contribution in [0.15, 0.2) is 85.1 Å². The molecule has 0 fully saturated rings. The minimum Gasteiger partial charge on any atom is -0.481 e. The Morgan fingerprint density at radius 3 is 2.24 bits per heavy atom. The highest BCUT2D eigenvalue weighted by atomic mass is 35.5. The Morgan fingerprint density at radius 2 is 1.62 bits per heavy atom. The van der Waals surface area contributed by atoms with Crippen LogP contribution in [-0.4, -0.2) is 42.7 Å². The molecular weight excluding hydrogens is 503 g/mol. The van der Waals surface area contributed by atoms with Gasteiger partial charge in [0.1, 0.15) is 5.60 Å². The van der Waals surface area contributed by atoms with Crippen LogP contribution in [0.4, 0.5) is 0 Å². The van der Waals surface area contributed by atoms with Gasteiger partial charge in [-0.25, -0.2) is 4.98 Å². The maximum Gasteiger partial charge on any atom is 0.217 e. The lowest BCUT2D eigenvalue weighted by molar-refractivity contribution is 0.00372. The van der Waals surface area contributed by atoms with E-state index in [-0.39, 0.29) is 0 Å². The zero-order chi connectivity index (χ0) is 26.6. The van der Waals surface area contributed by atoms with Crippen molar-refractivity contribution in [2.75, 3.05) is 27.7 Å². The van der Waals surface area contributed by atoms with E-state index in [9.17, 15) is 5.11 Å². The molecule has 192 valence electrons. The molecule has 4 aromatic rings. The maximum absolute atomic E-state index is 12.8. The fraction of sp³-hybridized carbons (Fsp3) is 0.258. The minimum absolute atomic E-state index is 0.466. The second-order valence-electron chi connectivity index (χ2n) is 9.67. The van der Waals surface area contributed by atoms with Crippen LogP contribution in [0.3, 0.4) is 0 Å². The average Bonchev–Trinajstić information content (AvgIpc) is 2.88. The predicted octanol–water partition coefficient (Wildman–Crippen LogP) is 7.34. The molecule has 1 heterocycles. The van der Waals surface area contributed by atoms with Crippen molar-refractivity contribution in [1.82, 2.24) is 9.88 Å². The zero-order valence-electron chi connectivity index (χ0n) is 21.6. The predicted molar refractivity (Wildman–Crippen MR) is 153 cm³/mol. The molecule has 0 amide bonds. The first-order chi connectivity index (χ1) is 17.7. The van der Waals surface area contributed by atoms with Gasteiger partial charge in [-0.15, -0.1) is 0 Å². The summed E-state index contributed by atoms with van der Waals surface area (Å²) < 4.78 is 5.78. The van der Waals surface area contributed by atoms with Gasteiger partial charge in [0.05, 0.1) is 7.11 Å². The molecule has 0 spiro atoms. The minimum atomic E-state index is -1.31. The molecular formula is C31H32Cl2N2O2. The molecule has 37 heavy (non-hydrogen) atoms. The van der Waals surface area contributed by atoms with Crippen molar-refractivity contribution in [1.29, 1.82) is 0 Å². The summed E-state index contributed by atoms with van der Waals surface area (Å²) in [5, 5.41) is 14.0. The summed E-state index contributed by atoms with van der Waals surface area (Å²) >= 11 is 12.7. The maximum atomic E-state index is 12.8. The van der Waals surface area contributed by atoms with E-state index in [0.29, 0.717) is 28.9 Å². The molecule has 2 unspecified atom stereocenters. The lowest BCUT2D eigenvalue weighted by atomic mass is 9.71. The van der Waals surface area contributed by atoms with Crippen molar-refractivity contribution in [3.8, 4) is 17.0 Å². The molecule has 4 nitrogen and oxygen atoms in total. The smallest absolute Gasteiger partial charge is 0.217 e. The van der Waals surface area contributed by atoms with Gasteiger partial charge in [0.15, 0.2) is 0 Å². The first-order valence-electron chi connectivity index (χ1n) is 12.2. The Hall–Kier alpha value is -2.89. The Balaban J connectivity index is 2.00. The van der Waals surface area contributed by atoms with E-state index in [1.54, 1.807) is 13.3 Å². The second-order valence-corrected chi connectivity index (χ2v) is 10.5. The van der Waals surface area contributed by atoms with Crippen LogP contribution in [-0.2, 0) is 5.60 Å². The Bertz CT molecular complexity index is 1320. The zero-order valence-corrected chi connectivity index (χ0v) is 23.1. The van der Waals surface area contributed by atoms with Crippen LogP contribution in [0.25, 0.3) is 11.1 Å². The van der Waals surface area contributed by atoms with Gasteiger partial charge in [-0.3, -0.25) is 0 Å². The normalized spacial score (nSPS) is 13.8. The number of aromatic nitrogens is 1. The van der Waals surface area contributed by atoms with Gasteiger partial charge in [0, 0.05) is 39.8 Å². The summed E-state index contributed by atoms with van der Waals surface area (Å²) in [6, 6.07) is 25.5. The highest BCUT2D eigenvalue weighted by Gasteiger charge is 2.42. The van der Waals surface area contributed by atoms with Crippen LogP contribution >= 0.6 is 23.2 Å². The number of benzene rings is 3. The average molecular weight is 536 g/mol. The van der Waals surface area contributed by atoms with Crippen molar-refractivity contribution in [3.05, 3.63) is 117 Å². The van der Waals surface area contributed by atoms with Crippen LogP contribution in [0.2, 0.25) is 10.0 Å². The van der Waals surface area contributed by atoms with E-state index >= 15 is 0 Å². The van der Waals surface area contributed by atoms with Gasteiger partial charge in [0.25, 0.3) is 0 Å². The summed E-state index contributed by atoms with van der Waals surface area (Å²) in [5.74, 6) is -0.0187. The number of halogens is 2. The highest BCUT2D eigenvalue weighted by molar-refractivity contribution is 6.31. The molecule has 4 rings (SSSR count). The van der Waals surface area contributed by atoms with Crippen molar-refractivity contribution in [2.24, 2.45) is 0 Å². The summed E-state index contributed by atoms with van der Waals surface area (Å²) in [6.45, 7) is 2.65. The SMILES string of the molecule is COc1ncc(-c2ccc(Cl)cc2)cc1C(c1ccccc1)C(O)(CCN(C)C)c1cc(C)cc(Cl)c1. The Morgan fingerprint density at radius 1 is 0.919 bits per heavy atom. The molecule has 0 saturated carbocycles. The van der Waals surface area contributed by atoms with Crippen LogP contribution < -0.4 is 4.74 Å². The number of aryl methyl sites for hydroxylation is 1. The number of ether oxygens (including phenoxy) is 1. The van der Waals surface area contributed by atoms with E-state index in [1.165, 1.54) is 0 Å². The third-order valence-electron chi connectivity index (χ3n) is 6.65. The molecule has 1 aromatic heterocycles. The molecule has 0 radical (unpaired) electrons. The molecule has 0 saturated heterocycles. The first-order valence-corrected chi connectivity index (χ1v) is 13.0. The van der Waals surface area contributed by atoms with E-state index in [1.807, 2.05) is 93.8 Å². The molecule has 6 heteroatoms. The van der Waals surface area contributed by atoms with Gasteiger partial charge < -0.3 is 14.7 Å². The largest absolute Gasteiger partial charge is 0.481 e. The van der Waals surface area contributed by atoms with Gasteiger partial charge in [-0.1, -0.05) is 71.7 Å². The molecule has 0 aliphatic rings. The van der Waals surface area contributed by atoms with Gasteiger partial charge in [0.2, 0.25) is 5.88 Å². The van der Waals surface area contributed by atoms with Gasteiger partial charge in [-0.05, 0) is 80.0 Å². The lowest BCUT2D eigenvalue weighted by Crippen LogP contribution is -2.38. The molecule has 1 N–H and O–H groups in total. The molecule has 3 aromatic carbocycles. The van der Waals surface area contributed by atoms with Crippen molar-refractivity contribution >= 4 is 23.2 Å². The number of aliphatic hydroxyl groups is 1. The van der Waals surface area contributed by atoms with E-state index in [4.69, 9.17) is 27.9 Å². The molecule has 0 aliphatic carbocycles. The number of methoxy groups -OCH3 is 1. The number of rotatable bonds is 9. The molecule has 0 bridgehead atoms. The first kappa shape index (κ1) is 27.2. The fourth-order valence-electron chi connectivity index (χ4n) is 4.84. The third kappa shape index (κ3) is 6.16. The summed E-state index contributed by atoms with van der Waals surface area (Å²) in [7, 11) is 5.62. The lowest BCUT2D eigenvalue weighted by Gasteiger charge is -2.39. The molecule has 2 atom stereocenters. The monoisotopic (exact) mass is 534 g/mol. The van der Waals surface area contributed by atoms with Crippen LogP contribution in [0.1, 0.15) is 34.6 Å². The summed E-state index contributed by atoms with van der Waals surface area (Å²) in [4.78, 5) is 6.75. The standard InChI is InChI=1S/C31H32Cl2N2O2/c1-21-16-25(19-27(33)17-21)31(36,14-15-35(2)3)29(23-8-6-5-7-9-23)28-18-24(20-34-30(28)37-4)22-10-12-26(32)13-11-22/h5-13,16-20,29,36H,14-15H2,1-4H3. The quantitative estimate of drug-likeness (QED) is 0.244. The Labute approximate surface area is 229 Å². The van der Waals surface area contributed by atoms with Crippen molar-refractivity contribution in [3.63, 3.8) is 0 Å². The third-order valence-corrected chi connectivity index (χ3v) is 7.12. The van der Waals surface area contributed by atoms with Gasteiger partial charge in [-0.2, -0.15) is 0 Å². The van der Waals surface area contributed by atoms with Crippen molar-refractivity contribution < 1.29 is 9.84 Å². The second kappa shape index (κ2) is 11.7. The van der Waals surface area contributed by atoms with E-state index < -0.39 is 11.5 Å². The van der Waals surface area contributed by atoms with Crippen LogP contribution in [0, 0.1) is 6.92 Å². The van der Waals surface area contributed by atoms with E-state index in [0.717, 1.165) is 33.4 Å².